The fraction of sp³-hybridized carbons (Fsp3) is 1.00. The summed E-state index contributed by atoms with van der Waals surface area (Å²) in [6.45, 7) is 6.56. The molecular formula is C11H26N2O. The second-order valence-corrected chi connectivity index (χ2v) is 4.46. The molecule has 3 N–H and O–H groups in total. The highest BCUT2D eigenvalue weighted by Crippen LogP contribution is 2.10. The van der Waals surface area contributed by atoms with E-state index >= 15 is 0 Å². The lowest BCUT2D eigenvalue weighted by molar-refractivity contribution is 0.0552. The first-order valence-electron chi connectivity index (χ1n) is 5.63. The Labute approximate surface area is 88.3 Å². The highest BCUT2D eigenvalue weighted by atomic mass is 16.3. The van der Waals surface area contributed by atoms with Crippen LogP contribution >= 0.6 is 0 Å². The Morgan fingerprint density at radius 2 is 1.86 bits per heavy atom. The second kappa shape index (κ2) is 7.21. The summed E-state index contributed by atoms with van der Waals surface area (Å²) in [5, 5.41) is 9.67. The van der Waals surface area contributed by atoms with Crippen LogP contribution in [0.25, 0.3) is 0 Å². The van der Waals surface area contributed by atoms with E-state index in [1.54, 1.807) is 6.92 Å². The fourth-order valence-electron chi connectivity index (χ4n) is 1.37. The van der Waals surface area contributed by atoms with Crippen molar-refractivity contribution in [1.29, 1.82) is 0 Å². The van der Waals surface area contributed by atoms with Gasteiger partial charge in [0.2, 0.25) is 0 Å². The van der Waals surface area contributed by atoms with Crippen molar-refractivity contribution >= 4 is 0 Å². The molecular weight excluding hydrogens is 176 g/mol. The number of hydrogen-bond acceptors (Lipinski definition) is 3. The van der Waals surface area contributed by atoms with E-state index in [2.05, 4.69) is 18.9 Å². The van der Waals surface area contributed by atoms with E-state index in [-0.39, 0.29) is 0 Å². The normalized spacial score (nSPS) is 15.9. The first-order chi connectivity index (χ1) is 6.52. The lowest BCUT2D eigenvalue weighted by Gasteiger charge is -2.23. The molecule has 0 saturated carbocycles. The molecule has 0 rings (SSSR count). The minimum absolute atomic E-state index is 0.353. The van der Waals surface area contributed by atoms with Gasteiger partial charge in [0.25, 0.3) is 0 Å². The molecule has 14 heavy (non-hydrogen) atoms. The predicted molar refractivity (Wildman–Crippen MR) is 61.3 cm³/mol. The van der Waals surface area contributed by atoms with Crippen LogP contribution in [0.5, 0.6) is 0 Å². The number of hydrogen-bond donors (Lipinski definition) is 2. The summed E-state index contributed by atoms with van der Waals surface area (Å²) in [7, 11) is 2.13. The highest BCUT2D eigenvalue weighted by molar-refractivity contribution is 4.73. The van der Waals surface area contributed by atoms with Crippen molar-refractivity contribution in [1.82, 2.24) is 4.90 Å². The quantitative estimate of drug-likeness (QED) is 0.622. The summed E-state index contributed by atoms with van der Waals surface area (Å²) in [5.41, 5.74) is 4.76. The zero-order valence-electron chi connectivity index (χ0n) is 9.92. The Balaban J connectivity index is 3.43. The summed E-state index contributed by atoms with van der Waals surface area (Å²) in [6, 6.07) is 0. The molecule has 0 fully saturated rings. The minimum Gasteiger partial charge on any atom is -0.389 e. The summed E-state index contributed by atoms with van der Waals surface area (Å²) in [4.78, 5) is 2.32. The summed E-state index contributed by atoms with van der Waals surface area (Å²) < 4.78 is 0. The van der Waals surface area contributed by atoms with Gasteiger partial charge >= 0.3 is 0 Å². The van der Waals surface area contributed by atoms with E-state index in [0.29, 0.717) is 6.54 Å². The SMILES string of the molecule is CCCCN(C)CCCC(C)(O)CN. The first kappa shape index (κ1) is 13.9. The van der Waals surface area contributed by atoms with E-state index in [1.807, 2.05) is 0 Å². The molecule has 0 radical (unpaired) electrons. The maximum absolute atomic E-state index is 9.67. The van der Waals surface area contributed by atoms with Gasteiger partial charge in [-0.15, -0.1) is 0 Å². The Hall–Kier alpha value is -0.120. The van der Waals surface area contributed by atoms with Crippen LogP contribution in [0.2, 0.25) is 0 Å². The smallest absolute Gasteiger partial charge is 0.0741 e. The molecule has 3 heteroatoms. The van der Waals surface area contributed by atoms with E-state index in [0.717, 1.165) is 25.9 Å². The molecule has 0 saturated heterocycles. The summed E-state index contributed by atoms with van der Waals surface area (Å²) >= 11 is 0. The zero-order valence-corrected chi connectivity index (χ0v) is 9.92. The lowest BCUT2D eigenvalue weighted by Crippen LogP contribution is -2.35. The third-order valence-electron chi connectivity index (χ3n) is 2.59. The third-order valence-corrected chi connectivity index (χ3v) is 2.59. The molecule has 0 aliphatic rings. The largest absolute Gasteiger partial charge is 0.389 e. The Kier molecular flexibility index (Phi) is 7.15. The van der Waals surface area contributed by atoms with Gasteiger partial charge in [-0.05, 0) is 46.3 Å². The van der Waals surface area contributed by atoms with E-state index in [9.17, 15) is 5.11 Å². The Morgan fingerprint density at radius 1 is 1.29 bits per heavy atom. The van der Waals surface area contributed by atoms with Crippen molar-refractivity contribution in [2.45, 2.75) is 45.1 Å². The van der Waals surface area contributed by atoms with Crippen LogP contribution in [0.15, 0.2) is 0 Å². The van der Waals surface area contributed by atoms with Gasteiger partial charge in [0.05, 0.1) is 5.60 Å². The maximum atomic E-state index is 9.67. The van der Waals surface area contributed by atoms with Gasteiger partial charge in [0, 0.05) is 6.54 Å². The van der Waals surface area contributed by atoms with Gasteiger partial charge in [0.15, 0.2) is 0 Å². The molecule has 3 nitrogen and oxygen atoms in total. The van der Waals surface area contributed by atoms with Crippen LogP contribution in [0, 0.1) is 0 Å². The number of nitrogens with two attached hydrogens (primary N) is 1. The molecule has 0 spiro atoms. The van der Waals surface area contributed by atoms with Crippen LogP contribution in [0.3, 0.4) is 0 Å². The van der Waals surface area contributed by atoms with E-state index in [4.69, 9.17) is 5.73 Å². The maximum Gasteiger partial charge on any atom is 0.0741 e. The Bertz CT molecular complexity index is 137. The van der Waals surface area contributed by atoms with E-state index < -0.39 is 5.60 Å². The van der Waals surface area contributed by atoms with Crippen molar-refractivity contribution in [3.63, 3.8) is 0 Å². The molecule has 0 aromatic carbocycles. The van der Waals surface area contributed by atoms with Gasteiger partial charge in [-0.2, -0.15) is 0 Å². The minimum atomic E-state index is -0.675. The predicted octanol–water partition coefficient (Wildman–Crippen LogP) is 1.21. The van der Waals surface area contributed by atoms with Crippen molar-refractivity contribution in [2.24, 2.45) is 5.73 Å². The average molecular weight is 202 g/mol. The standard InChI is InChI=1S/C11H26N2O/c1-4-5-8-13(3)9-6-7-11(2,14)10-12/h14H,4-10,12H2,1-3H3. The molecule has 0 aromatic rings. The molecule has 0 aliphatic carbocycles. The van der Waals surface area contributed by atoms with Crippen LogP contribution in [0.1, 0.15) is 39.5 Å². The Morgan fingerprint density at radius 3 is 2.36 bits per heavy atom. The molecule has 0 aliphatic heterocycles. The van der Waals surface area contributed by atoms with Crippen LogP contribution in [-0.4, -0.2) is 42.3 Å². The number of aliphatic hydroxyl groups is 1. The van der Waals surface area contributed by atoms with Crippen LogP contribution in [-0.2, 0) is 0 Å². The molecule has 0 bridgehead atoms. The molecule has 1 unspecified atom stereocenters. The fourth-order valence-corrected chi connectivity index (χ4v) is 1.37. The van der Waals surface area contributed by atoms with Gasteiger partial charge in [-0.1, -0.05) is 13.3 Å². The first-order valence-corrected chi connectivity index (χ1v) is 5.63. The molecule has 1 atom stereocenters. The van der Waals surface area contributed by atoms with Crippen molar-refractivity contribution in [3.8, 4) is 0 Å². The van der Waals surface area contributed by atoms with Gasteiger partial charge in [-0.25, -0.2) is 0 Å². The van der Waals surface area contributed by atoms with Gasteiger partial charge < -0.3 is 15.7 Å². The molecule has 0 aromatic heterocycles. The molecule has 86 valence electrons. The van der Waals surface area contributed by atoms with Crippen molar-refractivity contribution in [2.75, 3.05) is 26.7 Å². The zero-order chi connectivity index (χ0) is 11.0. The number of rotatable bonds is 8. The monoisotopic (exact) mass is 202 g/mol. The van der Waals surface area contributed by atoms with Gasteiger partial charge in [-0.3, -0.25) is 0 Å². The highest BCUT2D eigenvalue weighted by Gasteiger charge is 2.16. The number of unbranched alkanes of at least 4 members (excludes halogenated alkanes) is 1. The van der Waals surface area contributed by atoms with Crippen LogP contribution < -0.4 is 5.73 Å². The lowest BCUT2D eigenvalue weighted by atomic mass is 10.0. The second-order valence-electron chi connectivity index (χ2n) is 4.46. The van der Waals surface area contributed by atoms with E-state index in [1.165, 1.54) is 12.8 Å². The van der Waals surface area contributed by atoms with Crippen molar-refractivity contribution in [3.05, 3.63) is 0 Å². The number of nitrogens with zero attached hydrogens (tertiary/aromatic N) is 1. The molecule has 0 amide bonds. The average Bonchev–Trinajstić information content (AvgIpc) is 2.14. The summed E-state index contributed by atoms with van der Waals surface area (Å²) in [5.74, 6) is 0. The van der Waals surface area contributed by atoms with Crippen LogP contribution in [0.4, 0.5) is 0 Å². The summed E-state index contributed by atoms with van der Waals surface area (Å²) in [6.07, 6.45) is 4.30. The van der Waals surface area contributed by atoms with Gasteiger partial charge in [0.1, 0.15) is 0 Å². The van der Waals surface area contributed by atoms with Crippen molar-refractivity contribution < 1.29 is 5.11 Å². The third kappa shape index (κ3) is 7.30. The topological polar surface area (TPSA) is 49.5 Å². The molecule has 0 heterocycles.